The molecule has 0 aromatic carbocycles. The van der Waals surface area contributed by atoms with Crippen LogP contribution in [0.4, 0.5) is 0 Å². The summed E-state index contributed by atoms with van der Waals surface area (Å²) in [5.74, 6) is 0. The summed E-state index contributed by atoms with van der Waals surface area (Å²) in [5.41, 5.74) is 2.65. The number of nitriles is 1. The van der Waals surface area contributed by atoms with Crippen LogP contribution in [0, 0.1) is 11.3 Å². The molecule has 3 heterocycles. The van der Waals surface area contributed by atoms with Gasteiger partial charge in [0.25, 0.3) is 0 Å². The van der Waals surface area contributed by atoms with Gasteiger partial charge in [0.05, 0.1) is 24.4 Å². The van der Waals surface area contributed by atoms with Crippen LogP contribution in [-0.2, 0) is 0 Å². The van der Waals surface area contributed by atoms with Crippen LogP contribution in [0.2, 0.25) is 0 Å². The zero-order valence-electron chi connectivity index (χ0n) is 13.2. The normalized spacial score (nSPS) is 16.5. The highest BCUT2D eigenvalue weighted by Crippen LogP contribution is 2.38. The molecule has 3 aromatic rings. The molecule has 1 saturated carbocycles. The van der Waals surface area contributed by atoms with Gasteiger partial charge in [-0.25, -0.2) is 9.97 Å². The van der Waals surface area contributed by atoms with Crippen molar-refractivity contribution < 1.29 is 0 Å². The summed E-state index contributed by atoms with van der Waals surface area (Å²) < 4.78 is 1.92. The summed E-state index contributed by atoms with van der Waals surface area (Å²) in [6.07, 6.45) is 12.8. The Kier molecular flexibility index (Phi) is 4.22. The number of nitrogens with one attached hydrogen (secondary N) is 1. The molecule has 1 atom stereocenters. The third-order valence-electron chi connectivity index (χ3n) is 4.44. The van der Waals surface area contributed by atoms with Crippen LogP contribution in [0.15, 0.2) is 31.0 Å². The molecule has 0 saturated heterocycles. The van der Waals surface area contributed by atoms with Gasteiger partial charge in [0.2, 0.25) is 0 Å². The van der Waals surface area contributed by atoms with Gasteiger partial charge in [0.15, 0.2) is 0 Å². The molecule has 7 heteroatoms. The Morgan fingerprint density at radius 3 is 3.08 bits per heavy atom. The number of hydrogen-bond donors (Lipinski definition) is 1. The number of hydrogen-bond acceptors (Lipinski definition) is 5. The Balaban J connectivity index is 1.62. The molecule has 4 rings (SSSR count). The largest absolute Gasteiger partial charge is 0.346 e. The highest BCUT2D eigenvalue weighted by Gasteiger charge is 2.23. The van der Waals surface area contributed by atoms with E-state index in [9.17, 15) is 5.26 Å². The van der Waals surface area contributed by atoms with E-state index >= 15 is 0 Å². The van der Waals surface area contributed by atoms with Crippen molar-refractivity contribution in [3.8, 4) is 17.3 Å². The fraction of sp³-hybridized carbons (Fsp3) is 0.412. The zero-order valence-corrected chi connectivity index (χ0v) is 14.0. The molecule has 24 heavy (non-hydrogen) atoms. The minimum absolute atomic E-state index is 0.0652. The number of nitrogens with zero attached hydrogens (tertiary/aromatic N) is 5. The molecule has 3 aromatic heterocycles. The minimum atomic E-state index is 0.0652. The maximum atomic E-state index is 9.18. The van der Waals surface area contributed by atoms with Gasteiger partial charge in [-0.1, -0.05) is 12.8 Å². The Morgan fingerprint density at radius 1 is 1.38 bits per heavy atom. The number of fused-ring (bicyclic) bond motifs is 1. The van der Waals surface area contributed by atoms with Crippen LogP contribution in [0.25, 0.3) is 22.3 Å². The van der Waals surface area contributed by atoms with Crippen molar-refractivity contribution in [2.75, 3.05) is 0 Å². The van der Waals surface area contributed by atoms with Gasteiger partial charge in [-0.15, -0.1) is 11.8 Å². The summed E-state index contributed by atoms with van der Waals surface area (Å²) in [6.45, 7) is 0. The fourth-order valence-corrected chi connectivity index (χ4v) is 4.71. The van der Waals surface area contributed by atoms with Crippen LogP contribution in [0.5, 0.6) is 0 Å². The van der Waals surface area contributed by atoms with Gasteiger partial charge < -0.3 is 4.98 Å². The predicted molar refractivity (Wildman–Crippen MR) is 94.2 cm³/mol. The van der Waals surface area contributed by atoms with E-state index in [1.807, 2.05) is 41.1 Å². The molecule has 6 nitrogen and oxygen atoms in total. The minimum Gasteiger partial charge on any atom is -0.346 e. The Morgan fingerprint density at radius 2 is 2.25 bits per heavy atom. The van der Waals surface area contributed by atoms with Crippen molar-refractivity contribution >= 4 is 22.8 Å². The quantitative estimate of drug-likeness (QED) is 0.762. The van der Waals surface area contributed by atoms with E-state index in [0.717, 1.165) is 22.3 Å². The molecule has 1 fully saturated rings. The highest BCUT2D eigenvalue weighted by atomic mass is 32.2. The van der Waals surface area contributed by atoms with Gasteiger partial charge in [-0.2, -0.15) is 10.4 Å². The fourth-order valence-electron chi connectivity index (χ4n) is 3.25. The van der Waals surface area contributed by atoms with E-state index in [1.165, 1.54) is 25.7 Å². The van der Waals surface area contributed by atoms with Crippen LogP contribution < -0.4 is 0 Å². The lowest BCUT2D eigenvalue weighted by Crippen LogP contribution is -2.09. The van der Waals surface area contributed by atoms with Crippen molar-refractivity contribution in [1.82, 2.24) is 24.7 Å². The second kappa shape index (κ2) is 6.65. The monoisotopic (exact) mass is 338 g/mol. The smallest absolute Gasteiger partial charge is 0.141 e. The van der Waals surface area contributed by atoms with E-state index in [1.54, 1.807) is 6.33 Å². The molecule has 0 amide bonds. The first-order valence-electron chi connectivity index (χ1n) is 8.20. The number of H-pyrrole nitrogens is 1. The van der Waals surface area contributed by atoms with Crippen molar-refractivity contribution in [1.29, 1.82) is 5.26 Å². The van der Waals surface area contributed by atoms with Gasteiger partial charge in [0, 0.05) is 28.6 Å². The lowest BCUT2D eigenvalue weighted by Gasteiger charge is -2.18. The lowest BCUT2D eigenvalue weighted by atomic mass is 10.2. The Bertz CT molecular complexity index is 870. The molecule has 0 aliphatic heterocycles. The maximum absolute atomic E-state index is 9.18. The van der Waals surface area contributed by atoms with Gasteiger partial charge in [0.1, 0.15) is 17.3 Å². The van der Waals surface area contributed by atoms with Crippen molar-refractivity contribution in [3.05, 3.63) is 31.0 Å². The average molecular weight is 338 g/mol. The summed E-state index contributed by atoms with van der Waals surface area (Å²) in [5, 5.41) is 15.4. The Labute approximate surface area is 144 Å². The molecular weight excluding hydrogens is 320 g/mol. The summed E-state index contributed by atoms with van der Waals surface area (Å²) >= 11 is 1.88. The lowest BCUT2D eigenvalue weighted by molar-refractivity contribution is 0.606. The average Bonchev–Trinajstić information content (AvgIpc) is 3.34. The molecule has 1 unspecified atom stereocenters. The second-order valence-corrected chi connectivity index (χ2v) is 7.51. The van der Waals surface area contributed by atoms with Crippen molar-refractivity contribution in [3.63, 3.8) is 0 Å². The van der Waals surface area contributed by atoms with Crippen molar-refractivity contribution in [2.45, 2.75) is 42.7 Å². The van der Waals surface area contributed by atoms with E-state index in [4.69, 9.17) is 0 Å². The summed E-state index contributed by atoms with van der Waals surface area (Å²) in [6, 6.07) is 4.28. The first kappa shape index (κ1) is 15.2. The topological polar surface area (TPSA) is 83.2 Å². The van der Waals surface area contributed by atoms with Crippen molar-refractivity contribution in [2.24, 2.45) is 0 Å². The maximum Gasteiger partial charge on any atom is 0.141 e. The molecule has 0 spiro atoms. The highest BCUT2D eigenvalue weighted by molar-refractivity contribution is 7.99. The van der Waals surface area contributed by atoms with Crippen LogP contribution in [0.3, 0.4) is 0 Å². The molecule has 1 N–H and O–H groups in total. The SMILES string of the molecule is N#CCC(SC1CCCC1)n1cc(-c2ncnc3[nH]ccc23)cn1. The third-order valence-corrected chi connectivity index (χ3v) is 5.99. The molecule has 0 bridgehead atoms. The molecular formula is C17H18N6S. The van der Waals surface area contributed by atoms with E-state index in [0.29, 0.717) is 11.7 Å². The molecule has 122 valence electrons. The third kappa shape index (κ3) is 2.89. The van der Waals surface area contributed by atoms with Crippen LogP contribution in [0.1, 0.15) is 37.5 Å². The number of aromatic nitrogens is 5. The van der Waals surface area contributed by atoms with E-state index in [2.05, 4.69) is 26.1 Å². The molecule has 1 aliphatic carbocycles. The van der Waals surface area contributed by atoms with E-state index < -0.39 is 0 Å². The number of aromatic amines is 1. The standard InChI is InChI=1S/C17H18N6S/c18-7-5-15(24-13-3-1-2-4-13)23-10-12(9-22-23)16-14-6-8-19-17(14)21-11-20-16/h6,8-11,13,15H,1-5H2,(H,19,20,21). The first-order valence-corrected chi connectivity index (χ1v) is 9.14. The predicted octanol–water partition coefficient (Wildman–Crippen LogP) is 3.91. The number of thioether (sulfide) groups is 1. The van der Waals surface area contributed by atoms with Gasteiger partial charge in [-0.3, -0.25) is 4.68 Å². The summed E-state index contributed by atoms with van der Waals surface area (Å²) in [4.78, 5) is 11.7. The molecule has 1 aliphatic rings. The first-order chi connectivity index (χ1) is 11.8. The van der Waals surface area contributed by atoms with Gasteiger partial charge in [-0.05, 0) is 18.9 Å². The Hall–Kier alpha value is -2.33. The van der Waals surface area contributed by atoms with Crippen LogP contribution >= 0.6 is 11.8 Å². The van der Waals surface area contributed by atoms with E-state index in [-0.39, 0.29) is 5.37 Å². The zero-order chi connectivity index (χ0) is 16.4. The molecule has 0 radical (unpaired) electrons. The summed E-state index contributed by atoms with van der Waals surface area (Å²) in [7, 11) is 0. The number of rotatable bonds is 5. The van der Waals surface area contributed by atoms with Gasteiger partial charge >= 0.3 is 0 Å². The van der Waals surface area contributed by atoms with Crippen LogP contribution in [-0.4, -0.2) is 30.0 Å². The second-order valence-electron chi connectivity index (χ2n) is 6.03.